The first-order valence-electron chi connectivity index (χ1n) is 13.7. The Labute approximate surface area is 211 Å². The maximum atomic E-state index is 13.1. The molecule has 1 rings (SSSR count). The number of hydroxylamine groups is 2. The van der Waals surface area contributed by atoms with Crippen LogP contribution in [0, 0.1) is 5.92 Å². The number of unbranched alkanes of at least 4 members (excludes halogenated alkanes) is 1. The van der Waals surface area contributed by atoms with E-state index in [1.807, 2.05) is 0 Å². The first-order chi connectivity index (χ1) is 16.9. The van der Waals surface area contributed by atoms with Crippen molar-refractivity contribution in [2.24, 2.45) is 5.92 Å². The van der Waals surface area contributed by atoms with Crippen molar-refractivity contribution in [3.05, 3.63) is 0 Å². The lowest BCUT2D eigenvalue weighted by Gasteiger charge is -2.24. The zero-order valence-electron chi connectivity index (χ0n) is 21.7. The minimum atomic E-state index is -0.684. The number of hydrogen-bond acceptors (Lipinski definition) is 5. The van der Waals surface area contributed by atoms with Gasteiger partial charge in [0.25, 0.3) is 0 Å². The van der Waals surface area contributed by atoms with E-state index < -0.39 is 12.0 Å². The average molecular weight is 497 g/mol. The van der Waals surface area contributed by atoms with E-state index in [2.05, 4.69) is 16.0 Å². The van der Waals surface area contributed by atoms with Gasteiger partial charge < -0.3 is 16.0 Å². The zero-order valence-corrected chi connectivity index (χ0v) is 21.7. The third-order valence-corrected chi connectivity index (χ3v) is 6.61. The minimum absolute atomic E-state index is 0.0911. The van der Waals surface area contributed by atoms with Crippen molar-refractivity contribution in [1.82, 2.24) is 21.0 Å². The van der Waals surface area contributed by atoms with Crippen LogP contribution in [0.2, 0.25) is 0 Å². The third kappa shape index (κ3) is 16.2. The molecule has 4 N–H and O–H groups in total. The lowest BCUT2D eigenvalue weighted by atomic mass is 9.97. The molecule has 1 saturated heterocycles. The predicted octanol–water partition coefficient (Wildman–Crippen LogP) is 3.44. The first-order valence-corrected chi connectivity index (χ1v) is 13.7. The SMILES string of the molecule is CC(=O)NCCCC[C@@H]1NC(=O)[C@@H](CN(O)C=O)CCCCCCCCCCCCCCNC1=O. The number of rotatable bonds is 8. The minimum Gasteiger partial charge on any atom is -0.356 e. The standard InChI is InChI=1S/C26H48N4O5/c1-22(32)27-18-15-13-17-24-26(34)28-19-14-11-9-7-5-3-2-4-6-8-10-12-16-23(25(33)29-24)20-30(35)21-31/h21,23-24,35H,2-20H2,1H3,(H,27,32)(H,28,34)(H,29,33)/t23-,24+/m1/s1. The summed E-state index contributed by atoms with van der Waals surface area (Å²) >= 11 is 0. The van der Waals surface area contributed by atoms with Gasteiger partial charge in [0.15, 0.2) is 0 Å². The van der Waals surface area contributed by atoms with Crippen molar-refractivity contribution in [3.8, 4) is 0 Å². The Bertz CT molecular complexity index is 617. The maximum absolute atomic E-state index is 13.1. The number of amides is 4. The van der Waals surface area contributed by atoms with Gasteiger partial charge in [-0.1, -0.05) is 70.6 Å². The highest BCUT2D eigenvalue weighted by Gasteiger charge is 2.26. The van der Waals surface area contributed by atoms with Crippen LogP contribution >= 0.6 is 0 Å². The Hall–Kier alpha value is -2.16. The molecule has 0 radical (unpaired) electrons. The molecule has 0 bridgehead atoms. The largest absolute Gasteiger partial charge is 0.356 e. The van der Waals surface area contributed by atoms with Gasteiger partial charge in [-0.3, -0.25) is 24.4 Å². The first kappa shape index (κ1) is 30.9. The summed E-state index contributed by atoms with van der Waals surface area (Å²) in [7, 11) is 0. The van der Waals surface area contributed by atoms with Gasteiger partial charge >= 0.3 is 0 Å². The molecule has 4 amide bonds. The van der Waals surface area contributed by atoms with Crippen LogP contribution in [0.3, 0.4) is 0 Å². The van der Waals surface area contributed by atoms with E-state index in [-0.39, 0.29) is 24.3 Å². The Balaban J connectivity index is 2.77. The van der Waals surface area contributed by atoms with Crippen molar-refractivity contribution in [1.29, 1.82) is 0 Å². The van der Waals surface area contributed by atoms with Crippen molar-refractivity contribution in [2.45, 2.75) is 116 Å². The average Bonchev–Trinajstić information content (AvgIpc) is 2.83. The molecular weight excluding hydrogens is 448 g/mol. The van der Waals surface area contributed by atoms with Crippen molar-refractivity contribution >= 4 is 24.1 Å². The molecule has 0 aromatic rings. The molecule has 0 spiro atoms. The highest BCUT2D eigenvalue weighted by atomic mass is 16.5. The molecule has 35 heavy (non-hydrogen) atoms. The number of nitrogens with one attached hydrogen (secondary N) is 3. The molecule has 0 unspecified atom stereocenters. The van der Waals surface area contributed by atoms with Crippen LogP contribution in [0.25, 0.3) is 0 Å². The Morgan fingerprint density at radius 2 is 1.51 bits per heavy atom. The van der Waals surface area contributed by atoms with Crippen molar-refractivity contribution in [2.75, 3.05) is 19.6 Å². The van der Waals surface area contributed by atoms with Gasteiger partial charge in [0.1, 0.15) is 6.04 Å². The molecule has 9 nitrogen and oxygen atoms in total. The summed E-state index contributed by atoms with van der Waals surface area (Å²) in [6, 6.07) is -0.684. The van der Waals surface area contributed by atoms with Crippen LogP contribution in [-0.2, 0) is 19.2 Å². The summed E-state index contributed by atoms with van der Waals surface area (Å²) in [4.78, 5) is 48.0. The number of hydrogen-bond donors (Lipinski definition) is 4. The molecule has 1 aliphatic heterocycles. The normalized spacial score (nSPS) is 22.3. The Morgan fingerprint density at radius 1 is 0.943 bits per heavy atom. The van der Waals surface area contributed by atoms with E-state index in [0.29, 0.717) is 50.2 Å². The van der Waals surface area contributed by atoms with Crippen LogP contribution in [0.4, 0.5) is 0 Å². The van der Waals surface area contributed by atoms with Gasteiger partial charge in [-0.2, -0.15) is 0 Å². The molecular formula is C26H48N4O5. The van der Waals surface area contributed by atoms with E-state index in [1.54, 1.807) is 0 Å². The van der Waals surface area contributed by atoms with E-state index in [4.69, 9.17) is 0 Å². The monoisotopic (exact) mass is 496 g/mol. The van der Waals surface area contributed by atoms with Crippen LogP contribution in [-0.4, -0.2) is 60.1 Å². The second kappa shape index (κ2) is 20.1. The smallest absolute Gasteiger partial charge is 0.242 e. The van der Waals surface area contributed by atoms with E-state index in [1.165, 1.54) is 51.9 Å². The van der Waals surface area contributed by atoms with Gasteiger partial charge in [-0.15, -0.1) is 0 Å². The number of carbonyl (C=O) groups excluding carboxylic acids is 4. The molecule has 0 aromatic heterocycles. The summed E-state index contributed by atoms with van der Waals surface area (Å²) in [6.45, 7) is 2.48. The molecule has 202 valence electrons. The summed E-state index contributed by atoms with van der Waals surface area (Å²) in [5, 5.41) is 18.8. The topological polar surface area (TPSA) is 128 Å². The lowest BCUT2D eigenvalue weighted by molar-refractivity contribution is -0.155. The summed E-state index contributed by atoms with van der Waals surface area (Å²) in [5.41, 5.74) is 0. The molecule has 1 heterocycles. The fraction of sp³-hybridized carbons (Fsp3) is 0.846. The highest BCUT2D eigenvalue weighted by Crippen LogP contribution is 2.16. The molecule has 2 atom stereocenters. The number of carbonyl (C=O) groups is 4. The fourth-order valence-electron chi connectivity index (χ4n) is 4.49. The number of nitrogens with zero attached hydrogens (tertiary/aromatic N) is 1. The lowest BCUT2D eigenvalue weighted by Crippen LogP contribution is -2.50. The van der Waals surface area contributed by atoms with E-state index in [0.717, 1.165) is 32.1 Å². The molecule has 1 fully saturated rings. The Morgan fingerprint density at radius 3 is 2.09 bits per heavy atom. The van der Waals surface area contributed by atoms with Crippen LogP contribution in [0.15, 0.2) is 0 Å². The van der Waals surface area contributed by atoms with Gasteiger partial charge in [-0.25, -0.2) is 5.06 Å². The second-order valence-electron chi connectivity index (χ2n) is 9.79. The van der Waals surface area contributed by atoms with Crippen molar-refractivity contribution < 1.29 is 24.4 Å². The molecule has 0 aliphatic carbocycles. The van der Waals surface area contributed by atoms with E-state index >= 15 is 0 Å². The highest BCUT2D eigenvalue weighted by molar-refractivity contribution is 5.88. The fourth-order valence-corrected chi connectivity index (χ4v) is 4.49. The van der Waals surface area contributed by atoms with Gasteiger partial charge in [0.05, 0.1) is 12.5 Å². The maximum Gasteiger partial charge on any atom is 0.242 e. The summed E-state index contributed by atoms with van der Waals surface area (Å²) < 4.78 is 0. The van der Waals surface area contributed by atoms with Gasteiger partial charge in [0, 0.05) is 20.0 Å². The third-order valence-electron chi connectivity index (χ3n) is 6.61. The Kier molecular flexibility index (Phi) is 17.7. The summed E-state index contributed by atoms with van der Waals surface area (Å²) in [5.74, 6) is -1.19. The van der Waals surface area contributed by atoms with Gasteiger partial charge in [-0.05, 0) is 32.1 Å². The molecule has 9 heteroatoms. The molecule has 1 aliphatic rings. The van der Waals surface area contributed by atoms with Crippen molar-refractivity contribution in [3.63, 3.8) is 0 Å². The van der Waals surface area contributed by atoms with E-state index in [9.17, 15) is 24.4 Å². The quantitative estimate of drug-likeness (QED) is 0.177. The predicted molar refractivity (Wildman–Crippen MR) is 136 cm³/mol. The van der Waals surface area contributed by atoms with Gasteiger partial charge in [0.2, 0.25) is 24.1 Å². The summed E-state index contributed by atoms with van der Waals surface area (Å²) in [6.07, 6.45) is 16.3. The molecule has 0 aromatic carbocycles. The zero-order chi connectivity index (χ0) is 25.7. The second-order valence-corrected chi connectivity index (χ2v) is 9.79. The van der Waals surface area contributed by atoms with Crippen LogP contribution in [0.1, 0.15) is 110 Å². The molecule has 0 saturated carbocycles. The van der Waals surface area contributed by atoms with Crippen LogP contribution in [0.5, 0.6) is 0 Å². The van der Waals surface area contributed by atoms with Crippen LogP contribution < -0.4 is 16.0 Å².